The maximum Gasteiger partial charge on any atom is 0.352 e. The predicted molar refractivity (Wildman–Crippen MR) is 187 cm³/mol. The monoisotopic (exact) mass is 645 g/mol. The SMILES string of the molecule is CCCCc1nc2cc(N3CCCN(Cc4ccccc4)C3=O)c(C)nc2n1Cc1ccc(OC(C(=O)OCC)c2ccccc2)cc1. The minimum atomic E-state index is -0.853. The van der Waals surface area contributed by atoms with E-state index in [-0.39, 0.29) is 12.6 Å². The number of imidazole rings is 1. The summed E-state index contributed by atoms with van der Waals surface area (Å²) in [5, 5.41) is 0. The van der Waals surface area contributed by atoms with E-state index in [1.165, 1.54) is 0 Å². The van der Waals surface area contributed by atoms with Gasteiger partial charge in [-0.25, -0.2) is 19.6 Å². The lowest BCUT2D eigenvalue weighted by Gasteiger charge is -2.36. The second-order valence-electron chi connectivity index (χ2n) is 12.2. The molecular formula is C39H43N5O4. The molecule has 5 aromatic rings. The zero-order valence-electron chi connectivity index (χ0n) is 28.0. The molecule has 6 rings (SSSR count). The zero-order valence-corrected chi connectivity index (χ0v) is 28.0. The molecule has 48 heavy (non-hydrogen) atoms. The Morgan fingerprint density at radius 1 is 0.875 bits per heavy atom. The van der Waals surface area contributed by atoms with Crippen molar-refractivity contribution >= 4 is 28.9 Å². The fourth-order valence-corrected chi connectivity index (χ4v) is 6.19. The van der Waals surface area contributed by atoms with Crippen LogP contribution in [0.2, 0.25) is 0 Å². The number of esters is 1. The fraction of sp³-hybridized carbons (Fsp3) is 0.333. The average molecular weight is 646 g/mol. The van der Waals surface area contributed by atoms with E-state index >= 15 is 0 Å². The zero-order chi connectivity index (χ0) is 33.5. The number of carbonyl (C=O) groups excluding carboxylic acids is 2. The molecule has 9 nitrogen and oxygen atoms in total. The number of ether oxygens (including phenoxy) is 2. The first kappa shape index (κ1) is 32.7. The van der Waals surface area contributed by atoms with Crippen LogP contribution in [-0.4, -0.2) is 51.1 Å². The summed E-state index contributed by atoms with van der Waals surface area (Å²) in [7, 11) is 0. The number of fused-ring (bicyclic) bond motifs is 1. The van der Waals surface area contributed by atoms with Crippen molar-refractivity contribution < 1.29 is 19.1 Å². The molecule has 1 aliphatic rings. The molecular weight excluding hydrogens is 602 g/mol. The first-order valence-corrected chi connectivity index (χ1v) is 16.9. The molecule has 0 N–H and O–H groups in total. The molecule has 1 saturated heterocycles. The molecule has 3 heterocycles. The number of unbranched alkanes of at least 4 members (excludes halogenated alkanes) is 1. The number of pyridine rings is 1. The molecule has 248 valence electrons. The third-order valence-corrected chi connectivity index (χ3v) is 8.66. The van der Waals surface area contributed by atoms with Crippen molar-refractivity contribution in [2.45, 2.75) is 65.6 Å². The molecule has 2 aromatic heterocycles. The minimum absolute atomic E-state index is 0.000221. The highest BCUT2D eigenvalue weighted by molar-refractivity contribution is 5.95. The summed E-state index contributed by atoms with van der Waals surface area (Å²) in [4.78, 5) is 40.3. The van der Waals surface area contributed by atoms with Gasteiger partial charge in [-0.1, -0.05) is 86.1 Å². The van der Waals surface area contributed by atoms with Crippen molar-refractivity contribution in [3.05, 3.63) is 119 Å². The van der Waals surface area contributed by atoms with Crippen molar-refractivity contribution in [2.75, 3.05) is 24.6 Å². The summed E-state index contributed by atoms with van der Waals surface area (Å²) < 4.78 is 13.6. The molecule has 1 atom stereocenters. The topological polar surface area (TPSA) is 89.8 Å². The van der Waals surface area contributed by atoms with Gasteiger partial charge in [0.15, 0.2) is 5.65 Å². The standard InChI is InChI=1S/C39H43N5O4/c1-4-6-18-35-41-33-25-34(43-24-13-23-42(39(43)46)26-29-14-9-7-10-15-29)28(3)40-37(33)44(35)27-30-19-21-32(22-20-30)48-36(38(45)47-5-2)31-16-11-8-12-17-31/h7-12,14-17,19-22,25,36H,4-6,13,18,23-24,26-27H2,1-3H3. The highest BCUT2D eigenvalue weighted by Crippen LogP contribution is 2.30. The van der Waals surface area contributed by atoms with Crippen LogP contribution in [-0.2, 0) is 29.0 Å². The first-order valence-electron chi connectivity index (χ1n) is 16.9. The Kier molecular flexibility index (Phi) is 10.3. The van der Waals surface area contributed by atoms with Gasteiger partial charge in [-0.3, -0.25) is 4.90 Å². The second-order valence-corrected chi connectivity index (χ2v) is 12.2. The van der Waals surface area contributed by atoms with Crippen LogP contribution in [0.1, 0.15) is 67.4 Å². The normalized spacial score (nSPS) is 13.9. The number of nitrogens with zero attached hydrogens (tertiary/aromatic N) is 5. The minimum Gasteiger partial charge on any atom is -0.474 e. The first-order chi connectivity index (χ1) is 23.4. The molecule has 0 radical (unpaired) electrons. The molecule has 1 unspecified atom stereocenters. The highest BCUT2D eigenvalue weighted by atomic mass is 16.6. The smallest absolute Gasteiger partial charge is 0.352 e. The average Bonchev–Trinajstić information content (AvgIpc) is 3.43. The van der Waals surface area contributed by atoms with Crippen LogP contribution in [0.5, 0.6) is 5.75 Å². The highest BCUT2D eigenvalue weighted by Gasteiger charge is 2.29. The summed E-state index contributed by atoms with van der Waals surface area (Å²) in [5.74, 6) is 1.13. The van der Waals surface area contributed by atoms with Crippen molar-refractivity contribution in [1.29, 1.82) is 0 Å². The number of hydrogen-bond acceptors (Lipinski definition) is 6. The number of benzene rings is 3. The number of anilines is 1. The van der Waals surface area contributed by atoms with Crippen molar-refractivity contribution in [1.82, 2.24) is 19.4 Å². The van der Waals surface area contributed by atoms with E-state index in [4.69, 9.17) is 19.4 Å². The molecule has 3 aromatic carbocycles. The Bertz CT molecular complexity index is 1840. The number of carbonyl (C=O) groups is 2. The fourth-order valence-electron chi connectivity index (χ4n) is 6.19. The third-order valence-electron chi connectivity index (χ3n) is 8.66. The Labute approximate surface area is 282 Å². The van der Waals surface area contributed by atoms with Crippen LogP contribution in [0.25, 0.3) is 11.2 Å². The lowest BCUT2D eigenvalue weighted by atomic mass is 10.1. The van der Waals surface area contributed by atoms with Gasteiger partial charge in [0.25, 0.3) is 0 Å². The van der Waals surface area contributed by atoms with E-state index in [2.05, 4.69) is 23.6 Å². The molecule has 9 heteroatoms. The van der Waals surface area contributed by atoms with Gasteiger partial charge in [0.2, 0.25) is 6.10 Å². The summed E-state index contributed by atoms with van der Waals surface area (Å²) in [6.07, 6.45) is 2.92. The van der Waals surface area contributed by atoms with Crippen molar-refractivity contribution in [2.24, 2.45) is 0 Å². The van der Waals surface area contributed by atoms with Gasteiger partial charge < -0.3 is 18.9 Å². The van der Waals surface area contributed by atoms with Gasteiger partial charge in [-0.15, -0.1) is 0 Å². The van der Waals surface area contributed by atoms with Gasteiger partial charge in [0.1, 0.15) is 17.1 Å². The number of urea groups is 1. The van der Waals surface area contributed by atoms with Crippen molar-refractivity contribution in [3.8, 4) is 5.75 Å². The number of hydrogen-bond donors (Lipinski definition) is 0. The van der Waals surface area contributed by atoms with Crippen LogP contribution in [0.4, 0.5) is 10.5 Å². The van der Waals surface area contributed by atoms with Crippen LogP contribution >= 0.6 is 0 Å². The Balaban J connectivity index is 1.24. The van der Waals surface area contributed by atoms with Gasteiger partial charge >= 0.3 is 12.0 Å². The van der Waals surface area contributed by atoms with Crippen LogP contribution in [0, 0.1) is 6.92 Å². The summed E-state index contributed by atoms with van der Waals surface area (Å²) in [5.41, 5.74) is 6.12. The van der Waals surface area contributed by atoms with Crippen molar-refractivity contribution in [3.63, 3.8) is 0 Å². The lowest BCUT2D eigenvalue weighted by molar-refractivity contribution is -0.151. The molecule has 2 amide bonds. The van der Waals surface area contributed by atoms with Crippen LogP contribution < -0.4 is 9.64 Å². The number of aryl methyl sites for hydroxylation is 2. The molecule has 0 saturated carbocycles. The van der Waals surface area contributed by atoms with Gasteiger partial charge in [0.05, 0.1) is 24.5 Å². The quantitative estimate of drug-likeness (QED) is 0.122. The molecule has 0 bridgehead atoms. The second kappa shape index (κ2) is 15.2. The number of rotatable bonds is 13. The van der Waals surface area contributed by atoms with Gasteiger partial charge in [-0.05, 0) is 56.0 Å². The van der Waals surface area contributed by atoms with E-state index in [0.717, 1.165) is 77.3 Å². The lowest BCUT2D eigenvalue weighted by Crippen LogP contribution is -2.49. The summed E-state index contributed by atoms with van der Waals surface area (Å²) in [6.45, 7) is 8.75. The number of amides is 2. The molecule has 0 aliphatic carbocycles. The maximum absolute atomic E-state index is 13.7. The van der Waals surface area contributed by atoms with E-state index in [1.54, 1.807) is 6.92 Å². The third kappa shape index (κ3) is 7.35. The summed E-state index contributed by atoms with van der Waals surface area (Å²) in [6, 6.07) is 29.3. The van der Waals surface area contributed by atoms with E-state index in [0.29, 0.717) is 25.4 Å². The Morgan fingerprint density at radius 3 is 2.29 bits per heavy atom. The summed E-state index contributed by atoms with van der Waals surface area (Å²) >= 11 is 0. The van der Waals surface area contributed by atoms with Gasteiger partial charge in [-0.2, -0.15) is 0 Å². The predicted octanol–water partition coefficient (Wildman–Crippen LogP) is 7.65. The van der Waals surface area contributed by atoms with Gasteiger partial charge in [0, 0.05) is 31.6 Å². The number of aromatic nitrogens is 3. The van der Waals surface area contributed by atoms with E-state index < -0.39 is 12.1 Å². The largest absolute Gasteiger partial charge is 0.474 e. The molecule has 1 fully saturated rings. The van der Waals surface area contributed by atoms with Crippen LogP contribution in [0.15, 0.2) is 91.0 Å². The Morgan fingerprint density at radius 2 is 1.58 bits per heavy atom. The maximum atomic E-state index is 13.7. The molecule has 1 aliphatic heterocycles. The molecule has 0 spiro atoms. The Hall–Kier alpha value is -5.18. The van der Waals surface area contributed by atoms with E-state index in [1.807, 2.05) is 95.6 Å². The van der Waals surface area contributed by atoms with E-state index in [9.17, 15) is 9.59 Å². The van der Waals surface area contributed by atoms with Crippen LogP contribution in [0.3, 0.4) is 0 Å².